The minimum Gasteiger partial charge on any atom is -0.370 e. The smallest absolute Gasteiger partial charge is 0.212 e. The number of rotatable bonds is 3. The van der Waals surface area contributed by atoms with E-state index >= 15 is 0 Å². The third kappa shape index (κ3) is 2.86. The van der Waals surface area contributed by atoms with Gasteiger partial charge in [-0.2, -0.15) is 0 Å². The lowest BCUT2D eigenvalue weighted by Gasteiger charge is -2.42. The second-order valence-corrected chi connectivity index (χ2v) is 7.44. The number of anilines is 1. The fraction of sp³-hybridized carbons (Fsp3) is 0.333. The molecule has 2 aromatic carbocycles. The van der Waals surface area contributed by atoms with Crippen molar-refractivity contribution in [2.45, 2.75) is 24.9 Å². The van der Waals surface area contributed by atoms with Crippen LogP contribution in [0.2, 0.25) is 0 Å². The summed E-state index contributed by atoms with van der Waals surface area (Å²) >= 11 is 0. The molecule has 0 saturated carbocycles. The molecule has 138 valence electrons. The molecule has 6 nitrogen and oxygen atoms in total. The number of benzene rings is 2. The van der Waals surface area contributed by atoms with E-state index in [4.69, 9.17) is 15.7 Å². The van der Waals surface area contributed by atoms with Crippen molar-refractivity contribution in [3.05, 3.63) is 60.2 Å². The predicted octanol–water partition coefficient (Wildman–Crippen LogP) is 2.77. The van der Waals surface area contributed by atoms with Gasteiger partial charge in [-0.1, -0.05) is 42.5 Å². The molecular formula is C21H24N6. The second kappa shape index (κ2) is 6.39. The van der Waals surface area contributed by atoms with E-state index in [0.29, 0.717) is 5.96 Å². The van der Waals surface area contributed by atoms with E-state index in [1.54, 1.807) is 0 Å². The molecule has 0 atom stereocenters. The predicted molar refractivity (Wildman–Crippen MR) is 109 cm³/mol. The molecule has 0 radical (unpaired) electrons. The Balaban J connectivity index is 1.38. The van der Waals surface area contributed by atoms with E-state index in [9.17, 15) is 0 Å². The summed E-state index contributed by atoms with van der Waals surface area (Å²) in [7, 11) is 0. The van der Waals surface area contributed by atoms with Gasteiger partial charge in [0.1, 0.15) is 5.66 Å². The molecule has 3 N–H and O–H groups in total. The zero-order chi connectivity index (χ0) is 18.3. The van der Waals surface area contributed by atoms with Crippen molar-refractivity contribution >= 4 is 22.9 Å². The molecule has 1 saturated heterocycles. The summed E-state index contributed by atoms with van der Waals surface area (Å²) in [4.78, 5) is 12.1. The Bertz CT molecular complexity index is 982. The molecule has 0 bridgehead atoms. The molecule has 2 aliphatic rings. The van der Waals surface area contributed by atoms with Crippen LogP contribution < -0.4 is 11.1 Å². The van der Waals surface area contributed by atoms with E-state index in [1.165, 1.54) is 5.56 Å². The lowest BCUT2D eigenvalue weighted by Crippen LogP contribution is -2.49. The lowest BCUT2D eigenvalue weighted by molar-refractivity contribution is 0.120. The Hall–Kier alpha value is -2.86. The molecule has 1 spiro atoms. The number of hydrogen-bond donors (Lipinski definition) is 2. The standard InChI is InChI=1S/C21H24N6/c22-19-24-20-23-17-8-4-5-9-18(17)27(20)21(25-19)11-14-26(15-12-21)13-10-16-6-2-1-3-7-16/h1-9H,10-15H2,(H3,22,23,24,25). The maximum Gasteiger partial charge on any atom is 0.212 e. The molecule has 1 aromatic heterocycles. The van der Waals surface area contributed by atoms with Gasteiger partial charge in [0.25, 0.3) is 0 Å². The maximum absolute atomic E-state index is 6.12. The number of nitrogens with two attached hydrogens (primary N) is 1. The average molecular weight is 360 g/mol. The topological polar surface area (TPSA) is 71.5 Å². The first kappa shape index (κ1) is 16.3. The summed E-state index contributed by atoms with van der Waals surface area (Å²) in [5, 5.41) is 3.14. The van der Waals surface area contributed by atoms with Crippen molar-refractivity contribution in [2.75, 3.05) is 25.0 Å². The Morgan fingerprint density at radius 1 is 1.00 bits per heavy atom. The number of aliphatic imine (C=N–C) groups is 1. The quantitative estimate of drug-likeness (QED) is 0.753. The van der Waals surface area contributed by atoms with Crippen LogP contribution in [0.25, 0.3) is 11.0 Å². The molecule has 3 heterocycles. The van der Waals surface area contributed by atoms with Gasteiger partial charge >= 0.3 is 0 Å². The van der Waals surface area contributed by atoms with Crippen molar-refractivity contribution in [3.63, 3.8) is 0 Å². The van der Waals surface area contributed by atoms with E-state index in [1.807, 2.05) is 12.1 Å². The summed E-state index contributed by atoms with van der Waals surface area (Å²) in [5.74, 6) is 1.27. The fourth-order valence-corrected chi connectivity index (χ4v) is 4.35. The van der Waals surface area contributed by atoms with E-state index in [2.05, 4.69) is 57.2 Å². The van der Waals surface area contributed by atoms with Gasteiger partial charge in [-0.3, -0.25) is 9.88 Å². The molecule has 1 fully saturated rings. The van der Waals surface area contributed by atoms with Gasteiger partial charge in [-0.05, 0) is 24.1 Å². The summed E-state index contributed by atoms with van der Waals surface area (Å²) in [5.41, 5.74) is 9.28. The van der Waals surface area contributed by atoms with Crippen LogP contribution in [-0.4, -0.2) is 40.0 Å². The average Bonchev–Trinajstić information content (AvgIpc) is 3.07. The van der Waals surface area contributed by atoms with Gasteiger partial charge in [0, 0.05) is 32.5 Å². The van der Waals surface area contributed by atoms with Gasteiger partial charge in [0.2, 0.25) is 5.95 Å². The van der Waals surface area contributed by atoms with Crippen molar-refractivity contribution < 1.29 is 0 Å². The first-order valence-corrected chi connectivity index (χ1v) is 9.60. The van der Waals surface area contributed by atoms with Gasteiger partial charge < -0.3 is 10.6 Å². The van der Waals surface area contributed by atoms with Gasteiger partial charge in [0.15, 0.2) is 5.96 Å². The molecule has 5 rings (SSSR count). The normalized spacial score (nSPS) is 18.9. The summed E-state index contributed by atoms with van der Waals surface area (Å²) in [6.45, 7) is 3.10. The number of fused-ring (bicyclic) bond motifs is 4. The highest BCUT2D eigenvalue weighted by Crippen LogP contribution is 2.39. The Morgan fingerprint density at radius 3 is 2.56 bits per heavy atom. The molecule has 2 aliphatic heterocycles. The van der Waals surface area contributed by atoms with Crippen LogP contribution in [-0.2, 0) is 12.1 Å². The van der Waals surface area contributed by atoms with Gasteiger partial charge in [0.05, 0.1) is 11.0 Å². The zero-order valence-corrected chi connectivity index (χ0v) is 15.3. The number of aromatic nitrogens is 2. The molecule has 3 aromatic rings. The fourth-order valence-electron chi connectivity index (χ4n) is 4.35. The SMILES string of the molecule is NC1=NC2(CCN(CCc3ccccc3)CC2)n2c(nc3ccccc32)N1. The summed E-state index contributed by atoms with van der Waals surface area (Å²) < 4.78 is 2.26. The summed E-state index contributed by atoms with van der Waals surface area (Å²) in [6, 6.07) is 18.9. The van der Waals surface area contributed by atoms with Gasteiger partial charge in [-0.15, -0.1) is 0 Å². The maximum atomic E-state index is 6.12. The number of para-hydroxylation sites is 2. The number of guanidine groups is 1. The largest absolute Gasteiger partial charge is 0.370 e. The monoisotopic (exact) mass is 360 g/mol. The Labute approximate surface area is 158 Å². The highest BCUT2D eigenvalue weighted by molar-refractivity contribution is 5.94. The van der Waals surface area contributed by atoms with Crippen molar-refractivity contribution in [1.29, 1.82) is 0 Å². The number of imidazole rings is 1. The van der Waals surface area contributed by atoms with E-state index in [-0.39, 0.29) is 5.66 Å². The number of piperidine rings is 1. The van der Waals surface area contributed by atoms with Crippen LogP contribution in [0.4, 0.5) is 5.95 Å². The highest BCUT2D eigenvalue weighted by atomic mass is 15.4. The number of nitrogens with one attached hydrogen (secondary N) is 1. The van der Waals surface area contributed by atoms with Gasteiger partial charge in [-0.25, -0.2) is 9.98 Å². The molecule has 0 aliphatic carbocycles. The van der Waals surface area contributed by atoms with Crippen molar-refractivity contribution in [2.24, 2.45) is 10.7 Å². The Morgan fingerprint density at radius 2 is 1.74 bits per heavy atom. The molecule has 0 amide bonds. The first-order chi connectivity index (χ1) is 13.2. The highest BCUT2D eigenvalue weighted by Gasteiger charge is 2.41. The minimum atomic E-state index is -0.329. The lowest BCUT2D eigenvalue weighted by atomic mass is 9.95. The number of hydrogen-bond acceptors (Lipinski definition) is 5. The van der Waals surface area contributed by atoms with Crippen LogP contribution in [0.15, 0.2) is 59.6 Å². The van der Waals surface area contributed by atoms with E-state index in [0.717, 1.165) is 55.9 Å². The van der Waals surface area contributed by atoms with Crippen molar-refractivity contribution in [1.82, 2.24) is 14.5 Å². The zero-order valence-electron chi connectivity index (χ0n) is 15.3. The first-order valence-electron chi connectivity index (χ1n) is 9.60. The minimum absolute atomic E-state index is 0.329. The third-order valence-electron chi connectivity index (χ3n) is 5.76. The van der Waals surface area contributed by atoms with Crippen LogP contribution in [0.5, 0.6) is 0 Å². The summed E-state index contributed by atoms with van der Waals surface area (Å²) in [6.07, 6.45) is 2.97. The number of nitrogens with zero attached hydrogens (tertiary/aromatic N) is 4. The van der Waals surface area contributed by atoms with Crippen molar-refractivity contribution in [3.8, 4) is 0 Å². The molecule has 6 heteroatoms. The van der Waals surface area contributed by atoms with Crippen LogP contribution in [0.3, 0.4) is 0 Å². The van der Waals surface area contributed by atoms with Crippen LogP contribution in [0.1, 0.15) is 18.4 Å². The van der Waals surface area contributed by atoms with Crippen LogP contribution >= 0.6 is 0 Å². The van der Waals surface area contributed by atoms with E-state index < -0.39 is 0 Å². The molecule has 0 unspecified atom stereocenters. The second-order valence-electron chi connectivity index (χ2n) is 7.44. The Kier molecular flexibility index (Phi) is 3.86. The van der Waals surface area contributed by atoms with Crippen LogP contribution in [0, 0.1) is 0 Å². The molecule has 27 heavy (non-hydrogen) atoms. The molecular weight excluding hydrogens is 336 g/mol. The third-order valence-corrected chi connectivity index (χ3v) is 5.76. The number of likely N-dealkylation sites (tertiary alicyclic amines) is 1.